The zero-order chi connectivity index (χ0) is 40.8. The normalized spacial score (nSPS) is 25.2. The first-order chi connectivity index (χ1) is 25.7. The fourth-order valence-corrected chi connectivity index (χ4v) is 10.6. The molecule has 2 saturated carbocycles. The van der Waals surface area contributed by atoms with E-state index in [0.29, 0.717) is 44.5 Å². The molecule has 314 valence electrons. The largest absolute Gasteiger partial charge is 0.494 e. The van der Waals surface area contributed by atoms with Crippen LogP contribution in [0.3, 0.4) is 0 Å². The minimum atomic E-state index is -6.75. The smallest absolute Gasteiger partial charge is 0.435 e. The van der Waals surface area contributed by atoms with Crippen LogP contribution in [0.1, 0.15) is 109 Å². The minimum Gasteiger partial charge on any atom is -0.494 e. The van der Waals surface area contributed by atoms with Crippen molar-refractivity contribution in [1.29, 1.82) is 5.26 Å². The second kappa shape index (κ2) is 18.8. The molecular weight excluding hydrogens is 766 g/mol. The van der Waals surface area contributed by atoms with Crippen molar-refractivity contribution < 1.29 is 62.8 Å². The van der Waals surface area contributed by atoms with Gasteiger partial charge in [0.05, 0.1) is 45.0 Å². The summed E-state index contributed by atoms with van der Waals surface area (Å²) in [7, 11) is -1.28. The predicted molar refractivity (Wildman–Crippen MR) is 188 cm³/mol. The fourth-order valence-electron chi connectivity index (χ4n) is 8.96. The average Bonchev–Trinajstić information content (AvgIpc) is 3.41. The third-order valence-electron chi connectivity index (χ3n) is 11.4. The molecule has 0 radical (unpaired) electrons. The number of aryl methyl sites for hydroxylation is 1. The average molecular weight is 821 g/mol. The molecule has 2 fully saturated rings. The SMILES string of the molecule is CC(C)N(C(C)C)P(OCCC#N)OCCCCOc1ccc2c(c1)CC[C@@H]1[C@@H]2CC[C@]2(C)[C@@H](OCCCOC(C(F)(F)F)(C(F)(F)F)C(F)(F)F)CC[C@@H]12. The third kappa shape index (κ3) is 10.2. The number of nitrogens with zero attached hydrogens (tertiary/aromatic N) is 2. The molecule has 7 nitrogen and oxygen atoms in total. The molecule has 6 atom stereocenters. The van der Waals surface area contributed by atoms with Gasteiger partial charge in [-0.3, -0.25) is 0 Å². The summed E-state index contributed by atoms with van der Waals surface area (Å²) in [5.74, 6) is 1.81. The van der Waals surface area contributed by atoms with Crippen molar-refractivity contribution in [3.05, 3.63) is 29.3 Å². The molecule has 0 amide bonds. The molecular formula is C38H54F9N2O5P. The van der Waals surface area contributed by atoms with Crippen LogP contribution in [0.25, 0.3) is 0 Å². The highest BCUT2D eigenvalue weighted by Gasteiger charge is 2.85. The molecule has 4 rings (SSSR count). The highest BCUT2D eigenvalue weighted by Crippen LogP contribution is 2.62. The maximum atomic E-state index is 13.2. The van der Waals surface area contributed by atoms with E-state index in [4.69, 9.17) is 23.8 Å². The Morgan fingerprint density at radius 2 is 1.45 bits per heavy atom. The molecule has 0 N–H and O–H groups in total. The molecule has 0 spiro atoms. The van der Waals surface area contributed by atoms with Crippen LogP contribution in [0.5, 0.6) is 5.75 Å². The summed E-state index contributed by atoms with van der Waals surface area (Å²) in [5, 5.41) is 8.91. The summed E-state index contributed by atoms with van der Waals surface area (Å²) in [6.45, 7) is 10.1. The van der Waals surface area contributed by atoms with Gasteiger partial charge in [-0.15, -0.1) is 0 Å². The van der Waals surface area contributed by atoms with E-state index in [2.05, 4.69) is 62.2 Å². The molecule has 55 heavy (non-hydrogen) atoms. The van der Waals surface area contributed by atoms with Crippen molar-refractivity contribution in [2.75, 3.05) is 33.0 Å². The zero-order valence-electron chi connectivity index (χ0n) is 32.1. The maximum absolute atomic E-state index is 13.2. The second-order valence-electron chi connectivity index (χ2n) is 15.6. The van der Waals surface area contributed by atoms with E-state index in [1.54, 1.807) is 0 Å². The van der Waals surface area contributed by atoms with E-state index in [9.17, 15) is 39.5 Å². The first kappa shape index (κ1) is 45.8. The number of hydrogen-bond acceptors (Lipinski definition) is 7. The number of alkyl halides is 9. The Hall–Kier alpha value is -1.89. The molecule has 1 unspecified atom stereocenters. The number of benzene rings is 1. The molecule has 0 aliphatic heterocycles. The quantitative estimate of drug-likeness (QED) is 0.0782. The Labute approximate surface area is 319 Å². The van der Waals surface area contributed by atoms with Crippen LogP contribution in [-0.4, -0.2) is 80.0 Å². The number of fused-ring (bicyclic) bond motifs is 5. The van der Waals surface area contributed by atoms with Gasteiger partial charge in [0.1, 0.15) is 5.75 Å². The van der Waals surface area contributed by atoms with Crippen molar-refractivity contribution in [2.45, 2.75) is 147 Å². The van der Waals surface area contributed by atoms with Crippen molar-refractivity contribution in [2.24, 2.45) is 17.3 Å². The first-order valence-electron chi connectivity index (χ1n) is 19.1. The van der Waals surface area contributed by atoms with Gasteiger partial charge in [-0.2, -0.15) is 44.8 Å². The van der Waals surface area contributed by atoms with Gasteiger partial charge in [0.2, 0.25) is 0 Å². The molecule has 0 aromatic heterocycles. The van der Waals surface area contributed by atoms with Crippen molar-refractivity contribution in [1.82, 2.24) is 4.67 Å². The number of ether oxygens (including phenoxy) is 3. The van der Waals surface area contributed by atoms with Crippen molar-refractivity contribution in [3.63, 3.8) is 0 Å². The number of unbranched alkanes of at least 4 members (excludes halogenated alkanes) is 1. The van der Waals surface area contributed by atoms with Gasteiger partial charge in [0.25, 0.3) is 8.53 Å². The van der Waals surface area contributed by atoms with Crippen LogP contribution in [0.15, 0.2) is 18.2 Å². The summed E-state index contributed by atoms with van der Waals surface area (Å²) in [6.07, 6.45) is -14.2. The van der Waals surface area contributed by atoms with Crippen molar-refractivity contribution in [3.8, 4) is 11.8 Å². The van der Waals surface area contributed by atoms with Crippen LogP contribution in [0.2, 0.25) is 0 Å². The van der Waals surface area contributed by atoms with Gasteiger partial charge in [0.15, 0.2) is 0 Å². The fraction of sp³-hybridized carbons (Fsp3) is 0.816. The molecule has 1 aromatic rings. The molecule has 0 saturated heterocycles. The molecule has 0 heterocycles. The Bertz CT molecular complexity index is 1380. The Balaban J connectivity index is 1.25. The number of rotatable bonds is 19. The summed E-state index contributed by atoms with van der Waals surface area (Å²) < 4.78 is 149. The van der Waals surface area contributed by atoms with Crippen LogP contribution in [0.4, 0.5) is 39.5 Å². The first-order valence-corrected chi connectivity index (χ1v) is 20.2. The highest BCUT2D eigenvalue weighted by molar-refractivity contribution is 7.44. The van der Waals surface area contributed by atoms with Crippen LogP contribution in [0, 0.1) is 28.6 Å². The summed E-state index contributed by atoms with van der Waals surface area (Å²) in [4.78, 5) is 0. The topological polar surface area (TPSA) is 73.2 Å². The monoisotopic (exact) mass is 820 g/mol. The lowest BCUT2D eigenvalue weighted by Gasteiger charge is -2.50. The lowest BCUT2D eigenvalue weighted by Crippen LogP contribution is -2.67. The van der Waals surface area contributed by atoms with Gasteiger partial charge >= 0.3 is 24.1 Å². The zero-order valence-corrected chi connectivity index (χ0v) is 33.0. The molecule has 3 aliphatic carbocycles. The van der Waals surface area contributed by atoms with Gasteiger partial charge in [-0.05, 0) is 132 Å². The Kier molecular flexibility index (Phi) is 15.7. The predicted octanol–water partition coefficient (Wildman–Crippen LogP) is 11.2. The maximum Gasteiger partial charge on any atom is 0.435 e. The molecule has 3 aliphatic rings. The van der Waals surface area contributed by atoms with E-state index in [1.807, 2.05) is 6.07 Å². The lowest BCUT2D eigenvalue weighted by molar-refractivity contribution is -0.457. The van der Waals surface area contributed by atoms with E-state index >= 15 is 0 Å². The molecule has 17 heteroatoms. The van der Waals surface area contributed by atoms with Gasteiger partial charge in [0, 0.05) is 18.7 Å². The number of nitriles is 1. The summed E-state index contributed by atoms with van der Waals surface area (Å²) in [5.41, 5.74) is -3.98. The van der Waals surface area contributed by atoms with Crippen LogP contribution < -0.4 is 4.74 Å². The standard InChI is InChI=1S/C38H54F9N2O5P/c1-25(2)49(26(3)4)55(54-23-8-18-48)53-22-7-6-19-50-28-11-13-29-27(24-28)10-12-31-30(29)16-17-34(5)32(31)14-15-33(34)51-20-9-21-52-35(36(39,40)41,37(42,43)44)38(45,46)47/h11,13,24-26,30-33H,6-10,12,14-17,19-23H2,1-5H3/t30-,31-,32+,33+,34+,55?/m1/s1. The highest BCUT2D eigenvalue weighted by atomic mass is 31.2. The van der Waals surface area contributed by atoms with Crippen LogP contribution >= 0.6 is 8.53 Å². The van der Waals surface area contributed by atoms with Crippen molar-refractivity contribution >= 4 is 8.53 Å². The van der Waals surface area contributed by atoms with Gasteiger partial charge in [-0.25, -0.2) is 4.67 Å². The minimum absolute atomic E-state index is 0.227. The number of hydrogen-bond donors (Lipinski definition) is 0. The van der Waals surface area contributed by atoms with E-state index < -0.39 is 45.7 Å². The summed E-state index contributed by atoms with van der Waals surface area (Å²) in [6, 6.07) is 8.83. The second-order valence-corrected chi connectivity index (χ2v) is 17.0. The summed E-state index contributed by atoms with van der Waals surface area (Å²) >= 11 is 0. The molecule has 0 bridgehead atoms. The molecule has 1 aromatic carbocycles. The van der Waals surface area contributed by atoms with Gasteiger partial charge in [-0.1, -0.05) is 13.0 Å². The Morgan fingerprint density at radius 1 is 0.818 bits per heavy atom. The lowest BCUT2D eigenvalue weighted by atomic mass is 9.55. The number of halogens is 9. The van der Waals surface area contributed by atoms with Crippen LogP contribution in [-0.2, 0) is 24.9 Å². The van der Waals surface area contributed by atoms with Gasteiger partial charge < -0.3 is 23.3 Å². The Morgan fingerprint density at radius 3 is 2.07 bits per heavy atom. The third-order valence-corrected chi connectivity index (χ3v) is 13.5. The van der Waals surface area contributed by atoms with E-state index in [0.717, 1.165) is 50.7 Å². The van der Waals surface area contributed by atoms with E-state index in [-0.39, 0.29) is 36.1 Å². The van der Waals surface area contributed by atoms with E-state index in [1.165, 1.54) is 11.1 Å².